The lowest BCUT2D eigenvalue weighted by atomic mass is 10.1. The number of hydrogen-bond donors (Lipinski definition) is 1. The van der Waals surface area contributed by atoms with Gasteiger partial charge in [0.1, 0.15) is 0 Å². The van der Waals surface area contributed by atoms with Gasteiger partial charge in [0.25, 0.3) is 0 Å². The van der Waals surface area contributed by atoms with Crippen LogP contribution in [-0.4, -0.2) is 52.2 Å². The highest BCUT2D eigenvalue weighted by molar-refractivity contribution is 7.99. The van der Waals surface area contributed by atoms with Crippen molar-refractivity contribution < 1.29 is 9.53 Å². The van der Waals surface area contributed by atoms with Crippen molar-refractivity contribution in [2.24, 2.45) is 0 Å². The lowest BCUT2D eigenvalue weighted by Gasteiger charge is -2.28. The Morgan fingerprint density at radius 2 is 2.00 bits per heavy atom. The molecule has 2 aliphatic rings. The summed E-state index contributed by atoms with van der Waals surface area (Å²) in [6.07, 6.45) is 6.03. The van der Waals surface area contributed by atoms with E-state index in [1.807, 2.05) is 37.3 Å². The van der Waals surface area contributed by atoms with Crippen molar-refractivity contribution in [3.05, 3.63) is 35.9 Å². The molecular weight excluding hydrogens is 398 g/mol. The van der Waals surface area contributed by atoms with E-state index in [0.717, 1.165) is 55.8 Å². The molecule has 0 aliphatic carbocycles. The maximum atomic E-state index is 12.5. The minimum Gasteiger partial charge on any atom is -0.376 e. The number of hydrogen-bond acceptors (Lipinski definition) is 6. The number of amides is 1. The van der Waals surface area contributed by atoms with Crippen LogP contribution in [0.1, 0.15) is 50.6 Å². The van der Waals surface area contributed by atoms with Crippen molar-refractivity contribution in [3.8, 4) is 0 Å². The summed E-state index contributed by atoms with van der Waals surface area (Å²) < 4.78 is 8.03. The minimum atomic E-state index is -0.0204. The number of nitrogens with zero attached hydrogens (tertiary/aromatic N) is 4. The van der Waals surface area contributed by atoms with E-state index in [1.165, 1.54) is 31.0 Å². The van der Waals surface area contributed by atoms with E-state index in [1.54, 1.807) is 0 Å². The van der Waals surface area contributed by atoms with Gasteiger partial charge in [-0.15, -0.1) is 10.2 Å². The molecule has 2 atom stereocenters. The smallest absolute Gasteiger partial charge is 0.230 e. The minimum absolute atomic E-state index is 0.00235. The number of aromatic nitrogens is 3. The van der Waals surface area contributed by atoms with E-state index in [2.05, 4.69) is 25.0 Å². The third-order valence-electron chi connectivity index (χ3n) is 5.76. The molecule has 7 nitrogen and oxygen atoms in total. The standard InChI is InChI=1S/C22H31N5O2S/c1-17(18-9-4-2-5-10-18)23-20(28)16-30-22-25-24-21(26-12-6-3-7-13-26)27(22)15-19-11-8-14-29-19/h2,4-5,9-10,17,19H,3,6-8,11-16H2,1H3,(H,23,28)/t17-,19-/m1/s1. The lowest BCUT2D eigenvalue weighted by Crippen LogP contribution is -2.33. The monoisotopic (exact) mass is 429 g/mol. The van der Waals surface area contributed by atoms with Gasteiger partial charge in [0.2, 0.25) is 11.9 Å². The number of ether oxygens (including phenoxy) is 1. The quantitative estimate of drug-likeness (QED) is 0.649. The second-order valence-electron chi connectivity index (χ2n) is 8.06. The van der Waals surface area contributed by atoms with Crippen LogP contribution < -0.4 is 10.2 Å². The summed E-state index contributed by atoms with van der Waals surface area (Å²) >= 11 is 1.46. The Morgan fingerprint density at radius 3 is 2.73 bits per heavy atom. The number of piperidine rings is 1. The van der Waals surface area contributed by atoms with E-state index in [9.17, 15) is 4.79 Å². The van der Waals surface area contributed by atoms with Crippen molar-refractivity contribution in [1.29, 1.82) is 0 Å². The Bertz CT molecular complexity index is 816. The molecular formula is C22H31N5O2S. The average Bonchev–Trinajstić information content (AvgIpc) is 3.44. The second kappa shape index (κ2) is 10.3. The molecule has 3 heterocycles. The third kappa shape index (κ3) is 5.35. The predicted molar refractivity (Wildman–Crippen MR) is 119 cm³/mol. The molecule has 2 aliphatic heterocycles. The topological polar surface area (TPSA) is 72.3 Å². The van der Waals surface area contributed by atoms with Crippen molar-refractivity contribution in [2.75, 3.05) is 30.3 Å². The molecule has 1 aromatic heterocycles. The van der Waals surface area contributed by atoms with Gasteiger partial charge < -0.3 is 15.0 Å². The van der Waals surface area contributed by atoms with E-state index in [-0.39, 0.29) is 18.1 Å². The Kier molecular flexibility index (Phi) is 7.28. The van der Waals surface area contributed by atoms with Crippen molar-refractivity contribution >= 4 is 23.6 Å². The summed E-state index contributed by atoms with van der Waals surface area (Å²) in [5, 5.41) is 12.8. The highest BCUT2D eigenvalue weighted by Crippen LogP contribution is 2.27. The maximum absolute atomic E-state index is 12.5. The molecule has 2 aromatic rings. The van der Waals surface area contributed by atoms with Gasteiger partial charge in [-0.1, -0.05) is 42.1 Å². The first kappa shape index (κ1) is 21.2. The summed E-state index contributed by atoms with van der Waals surface area (Å²) in [7, 11) is 0. The molecule has 8 heteroatoms. The largest absolute Gasteiger partial charge is 0.376 e. The van der Waals surface area contributed by atoms with Gasteiger partial charge in [-0.05, 0) is 44.6 Å². The Hall–Kier alpha value is -2.06. The molecule has 0 saturated carbocycles. The molecule has 0 radical (unpaired) electrons. The lowest BCUT2D eigenvalue weighted by molar-refractivity contribution is -0.119. The highest BCUT2D eigenvalue weighted by atomic mass is 32.2. The second-order valence-corrected chi connectivity index (χ2v) is 9.01. The number of rotatable bonds is 8. The fourth-order valence-corrected chi connectivity index (χ4v) is 4.86. The number of anilines is 1. The van der Waals surface area contributed by atoms with Crippen LogP contribution >= 0.6 is 11.8 Å². The first-order chi connectivity index (χ1) is 14.7. The van der Waals surface area contributed by atoms with Gasteiger partial charge in [0.15, 0.2) is 5.16 Å². The maximum Gasteiger partial charge on any atom is 0.230 e. The van der Waals surface area contributed by atoms with Crippen LogP contribution in [0, 0.1) is 0 Å². The van der Waals surface area contributed by atoms with Crippen LogP contribution in [0.3, 0.4) is 0 Å². The molecule has 4 rings (SSSR count). The number of carbonyl (C=O) groups excluding carboxylic acids is 1. The fraction of sp³-hybridized carbons (Fsp3) is 0.591. The van der Waals surface area contributed by atoms with E-state index >= 15 is 0 Å². The molecule has 0 bridgehead atoms. The van der Waals surface area contributed by atoms with E-state index in [0.29, 0.717) is 5.75 Å². The van der Waals surface area contributed by atoms with Gasteiger partial charge in [0, 0.05) is 19.7 Å². The molecule has 1 N–H and O–H groups in total. The fourth-order valence-electron chi connectivity index (χ4n) is 4.11. The van der Waals surface area contributed by atoms with Gasteiger partial charge in [-0.2, -0.15) is 0 Å². The molecule has 30 heavy (non-hydrogen) atoms. The van der Waals surface area contributed by atoms with Crippen molar-refractivity contribution in [1.82, 2.24) is 20.1 Å². The van der Waals surface area contributed by atoms with Gasteiger partial charge >= 0.3 is 0 Å². The van der Waals surface area contributed by atoms with Crippen LogP contribution in [0.5, 0.6) is 0 Å². The first-order valence-corrected chi connectivity index (χ1v) is 12.0. The van der Waals surface area contributed by atoms with Crippen LogP contribution in [0.15, 0.2) is 35.5 Å². The third-order valence-corrected chi connectivity index (χ3v) is 6.72. The van der Waals surface area contributed by atoms with Crippen molar-refractivity contribution in [3.63, 3.8) is 0 Å². The van der Waals surface area contributed by atoms with Crippen LogP contribution in [0.25, 0.3) is 0 Å². The average molecular weight is 430 g/mol. The zero-order valence-corrected chi connectivity index (χ0v) is 18.4. The molecule has 162 valence electrons. The molecule has 2 saturated heterocycles. The normalized spacial score (nSPS) is 20.3. The number of nitrogens with one attached hydrogen (secondary N) is 1. The zero-order chi connectivity index (χ0) is 20.8. The SMILES string of the molecule is C[C@@H](NC(=O)CSc1nnc(N2CCCCC2)n1C[C@H]1CCCO1)c1ccccc1. The van der Waals surface area contributed by atoms with Crippen LogP contribution in [0.2, 0.25) is 0 Å². The van der Waals surface area contributed by atoms with Gasteiger partial charge in [0.05, 0.1) is 24.4 Å². The van der Waals surface area contributed by atoms with Crippen LogP contribution in [-0.2, 0) is 16.1 Å². The predicted octanol–water partition coefficient (Wildman–Crippen LogP) is 3.42. The molecule has 1 aromatic carbocycles. The Balaban J connectivity index is 1.40. The zero-order valence-electron chi connectivity index (χ0n) is 17.6. The van der Waals surface area contributed by atoms with Crippen LogP contribution in [0.4, 0.5) is 5.95 Å². The van der Waals surface area contributed by atoms with E-state index < -0.39 is 0 Å². The van der Waals surface area contributed by atoms with Gasteiger partial charge in [-0.3, -0.25) is 9.36 Å². The number of benzene rings is 1. The summed E-state index contributed by atoms with van der Waals surface area (Å²) in [5.74, 6) is 1.24. The Morgan fingerprint density at radius 1 is 1.20 bits per heavy atom. The van der Waals surface area contributed by atoms with Crippen molar-refractivity contribution in [2.45, 2.75) is 62.9 Å². The summed E-state index contributed by atoms with van der Waals surface area (Å²) in [4.78, 5) is 14.9. The number of carbonyl (C=O) groups is 1. The molecule has 0 spiro atoms. The van der Waals surface area contributed by atoms with E-state index in [4.69, 9.17) is 4.74 Å². The number of thioether (sulfide) groups is 1. The summed E-state index contributed by atoms with van der Waals surface area (Å²) in [6, 6.07) is 10.00. The molecule has 1 amide bonds. The van der Waals surface area contributed by atoms with Gasteiger partial charge in [-0.25, -0.2) is 0 Å². The summed E-state index contributed by atoms with van der Waals surface area (Å²) in [5.41, 5.74) is 1.10. The summed E-state index contributed by atoms with van der Waals surface area (Å²) in [6.45, 7) is 5.62. The first-order valence-electron chi connectivity index (χ1n) is 11.0. The molecule has 0 unspecified atom stereocenters. The molecule has 2 fully saturated rings. The highest BCUT2D eigenvalue weighted by Gasteiger charge is 2.25. The Labute approximate surface area is 182 Å².